The van der Waals surface area contributed by atoms with E-state index in [-0.39, 0.29) is 30.9 Å². The van der Waals surface area contributed by atoms with Gasteiger partial charge in [0.25, 0.3) is 0 Å². The average molecular weight is 423 g/mol. The van der Waals surface area contributed by atoms with Gasteiger partial charge in [0.1, 0.15) is 11.6 Å². The normalized spacial score (nSPS) is 20.5. The van der Waals surface area contributed by atoms with Gasteiger partial charge in [-0.1, -0.05) is 0 Å². The van der Waals surface area contributed by atoms with E-state index in [2.05, 4.69) is 14.9 Å². The number of rotatable bonds is 3. The predicted octanol–water partition coefficient (Wildman–Crippen LogP) is 1.52. The van der Waals surface area contributed by atoms with E-state index in [1.165, 1.54) is 0 Å². The Hall–Kier alpha value is -3.36. The van der Waals surface area contributed by atoms with Gasteiger partial charge in [-0.2, -0.15) is 0 Å². The summed E-state index contributed by atoms with van der Waals surface area (Å²) in [6.07, 6.45) is 0.234. The van der Waals surface area contributed by atoms with Gasteiger partial charge in [0, 0.05) is 62.7 Å². The molecule has 0 saturated carbocycles. The first-order valence-electron chi connectivity index (χ1n) is 10.5. The maximum atomic E-state index is 13.1. The van der Waals surface area contributed by atoms with Crippen molar-refractivity contribution in [1.29, 1.82) is 0 Å². The zero-order chi connectivity index (χ0) is 21.5. The maximum absolute atomic E-state index is 13.1. The fraction of sp³-hybridized carbons (Fsp3) is 0.455. The van der Waals surface area contributed by atoms with E-state index in [9.17, 15) is 9.59 Å². The van der Waals surface area contributed by atoms with Crippen molar-refractivity contribution in [2.24, 2.45) is 5.92 Å². The molecule has 31 heavy (non-hydrogen) atoms. The van der Waals surface area contributed by atoms with E-state index < -0.39 is 0 Å². The Morgan fingerprint density at radius 3 is 2.58 bits per heavy atom. The number of fused-ring (bicyclic) bond motifs is 1. The average Bonchev–Trinajstić information content (AvgIpc) is 3.38. The lowest BCUT2D eigenvalue weighted by molar-refractivity contribution is -0.136. The van der Waals surface area contributed by atoms with Gasteiger partial charge < -0.3 is 24.2 Å². The third-order valence-electron chi connectivity index (χ3n) is 6.01. The van der Waals surface area contributed by atoms with E-state index in [4.69, 9.17) is 9.47 Å². The number of hydrogen-bond acceptors (Lipinski definition) is 7. The molecule has 3 aliphatic rings. The lowest BCUT2D eigenvalue weighted by Gasteiger charge is -2.36. The summed E-state index contributed by atoms with van der Waals surface area (Å²) >= 11 is 0. The third kappa shape index (κ3) is 3.75. The van der Waals surface area contributed by atoms with Crippen LogP contribution in [-0.2, 0) is 9.59 Å². The molecule has 0 N–H and O–H groups in total. The number of piperazine rings is 1. The first-order chi connectivity index (χ1) is 15.0. The second kappa shape index (κ2) is 7.72. The number of amides is 2. The molecule has 9 nitrogen and oxygen atoms in total. The summed E-state index contributed by atoms with van der Waals surface area (Å²) < 4.78 is 10.8. The minimum atomic E-state index is -0.326. The number of carbonyl (C=O) groups excluding carboxylic acids is 2. The largest absolute Gasteiger partial charge is 0.454 e. The summed E-state index contributed by atoms with van der Waals surface area (Å²) in [6, 6.07) is 7.42. The van der Waals surface area contributed by atoms with E-state index in [1.54, 1.807) is 17.0 Å². The number of aryl methyl sites for hydroxylation is 2. The highest BCUT2D eigenvalue weighted by atomic mass is 16.7. The highest BCUT2D eigenvalue weighted by molar-refractivity contribution is 6.00. The fourth-order valence-corrected chi connectivity index (χ4v) is 4.45. The predicted molar refractivity (Wildman–Crippen MR) is 113 cm³/mol. The molecule has 162 valence electrons. The standard InChI is InChI=1S/C22H25N5O4/c1-14-9-20(24-15(2)23-14)25-5-7-26(8-6-25)22(29)16-10-21(28)27(12-16)17-3-4-18-19(11-17)31-13-30-18/h3-4,9,11,16H,5-8,10,12-13H2,1-2H3. The summed E-state index contributed by atoms with van der Waals surface area (Å²) in [7, 11) is 0. The van der Waals surface area contributed by atoms with Crippen LogP contribution < -0.4 is 19.3 Å². The Bertz CT molecular complexity index is 1010. The number of carbonyl (C=O) groups is 2. The molecule has 1 aromatic heterocycles. The van der Waals surface area contributed by atoms with Crippen molar-refractivity contribution in [3.8, 4) is 11.5 Å². The zero-order valence-electron chi connectivity index (χ0n) is 17.7. The third-order valence-corrected chi connectivity index (χ3v) is 6.01. The molecule has 2 aromatic rings. The van der Waals surface area contributed by atoms with Crippen molar-refractivity contribution in [2.45, 2.75) is 20.3 Å². The minimum absolute atomic E-state index is 0.0391. The van der Waals surface area contributed by atoms with Gasteiger partial charge in [0.05, 0.1) is 5.92 Å². The Kier molecular flexibility index (Phi) is 4.88. The monoisotopic (exact) mass is 423 g/mol. The van der Waals surface area contributed by atoms with Crippen LogP contribution in [0.15, 0.2) is 24.3 Å². The molecule has 5 rings (SSSR count). The topological polar surface area (TPSA) is 88.1 Å². The van der Waals surface area contributed by atoms with Crippen molar-refractivity contribution in [3.05, 3.63) is 35.8 Å². The van der Waals surface area contributed by atoms with Crippen LogP contribution in [-0.4, -0.2) is 66.2 Å². The number of hydrogen-bond donors (Lipinski definition) is 0. The fourth-order valence-electron chi connectivity index (χ4n) is 4.45. The van der Waals surface area contributed by atoms with Crippen LogP contribution >= 0.6 is 0 Å². The van der Waals surface area contributed by atoms with Gasteiger partial charge in [-0.15, -0.1) is 0 Å². The number of benzene rings is 1. The summed E-state index contributed by atoms with van der Waals surface area (Å²) in [4.78, 5) is 40.3. The Morgan fingerprint density at radius 2 is 1.81 bits per heavy atom. The SMILES string of the molecule is Cc1cc(N2CCN(C(=O)C3CC(=O)N(c4ccc5c(c4)OCO5)C3)CC2)nc(C)n1. The van der Waals surface area contributed by atoms with Crippen molar-refractivity contribution >= 4 is 23.3 Å². The molecule has 0 spiro atoms. The molecule has 1 unspecified atom stereocenters. The van der Waals surface area contributed by atoms with Crippen LogP contribution in [0.4, 0.5) is 11.5 Å². The van der Waals surface area contributed by atoms with Crippen molar-refractivity contribution in [3.63, 3.8) is 0 Å². The van der Waals surface area contributed by atoms with Crippen molar-refractivity contribution in [2.75, 3.05) is 49.3 Å². The van der Waals surface area contributed by atoms with Gasteiger partial charge in [-0.05, 0) is 26.0 Å². The molecule has 2 amide bonds. The van der Waals surface area contributed by atoms with Crippen LogP contribution in [0.3, 0.4) is 0 Å². The highest BCUT2D eigenvalue weighted by Gasteiger charge is 2.38. The Labute approximate surface area is 180 Å². The molecule has 3 aliphatic heterocycles. The summed E-state index contributed by atoms with van der Waals surface area (Å²) in [5.41, 5.74) is 1.68. The summed E-state index contributed by atoms with van der Waals surface area (Å²) in [6.45, 7) is 7.10. The Balaban J connectivity index is 1.22. The first-order valence-corrected chi connectivity index (χ1v) is 10.5. The summed E-state index contributed by atoms with van der Waals surface area (Å²) in [5, 5.41) is 0. The van der Waals surface area contributed by atoms with Gasteiger partial charge >= 0.3 is 0 Å². The second-order valence-electron chi connectivity index (χ2n) is 8.17. The molecule has 4 heterocycles. The zero-order valence-corrected chi connectivity index (χ0v) is 17.7. The molecular weight excluding hydrogens is 398 g/mol. The molecule has 0 radical (unpaired) electrons. The van der Waals surface area contributed by atoms with Gasteiger partial charge in [-0.25, -0.2) is 9.97 Å². The smallest absolute Gasteiger partial charge is 0.231 e. The van der Waals surface area contributed by atoms with E-state index in [1.807, 2.05) is 30.9 Å². The molecule has 1 aromatic carbocycles. The molecule has 2 fully saturated rings. The van der Waals surface area contributed by atoms with Crippen LogP contribution in [0.5, 0.6) is 11.5 Å². The van der Waals surface area contributed by atoms with Gasteiger partial charge in [-0.3, -0.25) is 9.59 Å². The minimum Gasteiger partial charge on any atom is -0.454 e. The quantitative estimate of drug-likeness (QED) is 0.740. The van der Waals surface area contributed by atoms with Crippen LogP contribution in [0, 0.1) is 19.8 Å². The molecular formula is C22H25N5O4. The number of ether oxygens (including phenoxy) is 2. The summed E-state index contributed by atoms with van der Waals surface area (Å²) in [5.74, 6) is 2.65. The highest BCUT2D eigenvalue weighted by Crippen LogP contribution is 2.37. The van der Waals surface area contributed by atoms with Crippen LogP contribution in [0.1, 0.15) is 17.9 Å². The second-order valence-corrected chi connectivity index (χ2v) is 8.17. The van der Waals surface area contributed by atoms with E-state index >= 15 is 0 Å². The van der Waals surface area contributed by atoms with Crippen LogP contribution in [0.2, 0.25) is 0 Å². The first kappa shape index (κ1) is 19.6. The molecule has 0 bridgehead atoms. The Morgan fingerprint density at radius 1 is 1.03 bits per heavy atom. The lowest BCUT2D eigenvalue weighted by atomic mass is 10.1. The number of anilines is 2. The van der Waals surface area contributed by atoms with E-state index in [0.717, 1.165) is 23.0 Å². The van der Waals surface area contributed by atoms with Gasteiger partial charge in [0.15, 0.2) is 11.5 Å². The van der Waals surface area contributed by atoms with Crippen molar-refractivity contribution in [1.82, 2.24) is 14.9 Å². The van der Waals surface area contributed by atoms with Crippen LogP contribution in [0.25, 0.3) is 0 Å². The lowest BCUT2D eigenvalue weighted by Crippen LogP contribution is -2.51. The maximum Gasteiger partial charge on any atom is 0.231 e. The van der Waals surface area contributed by atoms with E-state index in [0.29, 0.717) is 44.2 Å². The molecule has 0 aliphatic carbocycles. The molecule has 9 heteroatoms. The molecule has 1 atom stereocenters. The molecule has 2 saturated heterocycles. The van der Waals surface area contributed by atoms with Gasteiger partial charge in [0.2, 0.25) is 18.6 Å². The number of aromatic nitrogens is 2. The number of nitrogens with zero attached hydrogens (tertiary/aromatic N) is 5. The van der Waals surface area contributed by atoms with Crippen molar-refractivity contribution < 1.29 is 19.1 Å².